The quantitative estimate of drug-likeness (QED) is 0.743. The molecule has 112 valence electrons. The average molecular weight is 322 g/mol. The maximum Gasteiger partial charge on any atom is 0.141 e. The van der Waals surface area contributed by atoms with E-state index < -0.39 is 0 Å². The van der Waals surface area contributed by atoms with Gasteiger partial charge in [0.1, 0.15) is 11.6 Å². The van der Waals surface area contributed by atoms with Crippen molar-refractivity contribution in [2.75, 3.05) is 11.9 Å². The van der Waals surface area contributed by atoms with Crippen LogP contribution in [0.2, 0.25) is 5.02 Å². The molecule has 0 unspecified atom stereocenters. The first-order valence-corrected chi connectivity index (χ1v) is 8.56. The van der Waals surface area contributed by atoms with Gasteiger partial charge in [-0.15, -0.1) is 11.8 Å². The Hall–Kier alpha value is -1.26. The van der Waals surface area contributed by atoms with Crippen molar-refractivity contribution in [3.63, 3.8) is 0 Å². The highest BCUT2D eigenvalue weighted by molar-refractivity contribution is 7.98. The minimum absolute atomic E-state index is 0.746. The van der Waals surface area contributed by atoms with E-state index in [4.69, 9.17) is 11.6 Å². The van der Waals surface area contributed by atoms with Gasteiger partial charge in [0.25, 0.3) is 0 Å². The third kappa shape index (κ3) is 5.21. The predicted octanol–water partition coefficient (Wildman–Crippen LogP) is 4.81. The van der Waals surface area contributed by atoms with Gasteiger partial charge in [-0.05, 0) is 31.5 Å². The Kier molecular flexibility index (Phi) is 6.33. The van der Waals surface area contributed by atoms with Crippen molar-refractivity contribution >= 4 is 29.2 Å². The first-order chi connectivity index (χ1) is 10.2. The van der Waals surface area contributed by atoms with Crippen LogP contribution in [0.1, 0.15) is 31.8 Å². The molecule has 0 amide bonds. The summed E-state index contributed by atoms with van der Waals surface area (Å²) >= 11 is 7.71. The highest BCUT2D eigenvalue weighted by atomic mass is 35.5. The molecule has 1 aromatic carbocycles. The number of nitrogens with one attached hydrogen (secondary N) is 1. The summed E-state index contributed by atoms with van der Waals surface area (Å²) in [6.45, 7) is 5.10. The van der Waals surface area contributed by atoms with Gasteiger partial charge in [0.2, 0.25) is 0 Å². The van der Waals surface area contributed by atoms with Gasteiger partial charge in [0.15, 0.2) is 0 Å². The molecule has 3 nitrogen and oxygen atoms in total. The third-order valence-corrected chi connectivity index (χ3v) is 4.08. The van der Waals surface area contributed by atoms with Crippen molar-refractivity contribution in [2.45, 2.75) is 37.3 Å². The van der Waals surface area contributed by atoms with E-state index >= 15 is 0 Å². The molecule has 0 radical (unpaired) electrons. The van der Waals surface area contributed by atoms with Crippen LogP contribution >= 0.6 is 23.4 Å². The molecule has 0 fully saturated rings. The summed E-state index contributed by atoms with van der Waals surface area (Å²) in [6, 6.07) is 9.90. The van der Waals surface area contributed by atoms with E-state index in [1.165, 1.54) is 0 Å². The maximum absolute atomic E-state index is 6.00. The predicted molar refractivity (Wildman–Crippen MR) is 91.2 cm³/mol. The number of thioether (sulfide) groups is 1. The van der Waals surface area contributed by atoms with Crippen molar-refractivity contribution in [1.29, 1.82) is 0 Å². The number of anilines is 1. The molecule has 0 aliphatic heterocycles. The second kappa shape index (κ2) is 8.25. The number of rotatable bonds is 7. The van der Waals surface area contributed by atoms with E-state index in [1.54, 1.807) is 11.8 Å². The summed E-state index contributed by atoms with van der Waals surface area (Å²) in [5.41, 5.74) is 1.10. The number of halogens is 1. The number of hydrogen-bond donors (Lipinski definition) is 1. The lowest BCUT2D eigenvalue weighted by Gasteiger charge is -2.08. The largest absolute Gasteiger partial charge is 0.370 e. The van der Waals surface area contributed by atoms with Crippen LogP contribution in [0.25, 0.3) is 0 Å². The minimum Gasteiger partial charge on any atom is -0.370 e. The van der Waals surface area contributed by atoms with E-state index in [2.05, 4.69) is 35.2 Å². The fraction of sp³-hybridized carbons (Fsp3) is 0.375. The summed E-state index contributed by atoms with van der Waals surface area (Å²) in [4.78, 5) is 10.3. The van der Waals surface area contributed by atoms with Gasteiger partial charge in [-0.2, -0.15) is 0 Å². The van der Waals surface area contributed by atoms with Crippen LogP contribution in [0.15, 0.2) is 35.2 Å². The standard InChI is InChI=1S/C16H20ClN3S/c1-3-6-13-10-15(18-4-2)20-16(19-13)11-21-14-8-5-7-12(17)9-14/h5,7-10H,3-4,6,11H2,1-2H3,(H,18,19,20). The van der Waals surface area contributed by atoms with Gasteiger partial charge in [0.05, 0.1) is 5.75 Å². The topological polar surface area (TPSA) is 37.8 Å². The Bertz CT molecular complexity index is 565. The number of aryl methyl sites for hydroxylation is 1. The molecule has 1 aromatic heterocycles. The van der Waals surface area contributed by atoms with Crippen LogP contribution in [0, 0.1) is 0 Å². The summed E-state index contributed by atoms with van der Waals surface area (Å²) < 4.78 is 0. The number of aromatic nitrogens is 2. The fourth-order valence-electron chi connectivity index (χ4n) is 1.98. The summed E-state index contributed by atoms with van der Waals surface area (Å²) in [5, 5.41) is 4.03. The third-order valence-electron chi connectivity index (χ3n) is 2.85. The second-order valence-electron chi connectivity index (χ2n) is 4.69. The monoisotopic (exact) mass is 321 g/mol. The van der Waals surface area contributed by atoms with Crippen molar-refractivity contribution in [3.8, 4) is 0 Å². The number of benzene rings is 1. The normalized spacial score (nSPS) is 10.6. The Balaban J connectivity index is 2.10. The zero-order valence-electron chi connectivity index (χ0n) is 12.4. The van der Waals surface area contributed by atoms with Crippen molar-refractivity contribution in [2.24, 2.45) is 0 Å². The molecule has 0 aliphatic carbocycles. The van der Waals surface area contributed by atoms with Crippen LogP contribution < -0.4 is 5.32 Å². The molecule has 0 saturated carbocycles. The Morgan fingerprint density at radius 2 is 2.05 bits per heavy atom. The molecule has 0 spiro atoms. The van der Waals surface area contributed by atoms with Gasteiger partial charge in [-0.25, -0.2) is 9.97 Å². The molecule has 1 N–H and O–H groups in total. The Morgan fingerprint density at radius 3 is 2.76 bits per heavy atom. The molecule has 0 aliphatic rings. The first kappa shape index (κ1) is 16.1. The average Bonchev–Trinajstić information content (AvgIpc) is 2.46. The van der Waals surface area contributed by atoms with Crippen LogP contribution in [-0.4, -0.2) is 16.5 Å². The van der Waals surface area contributed by atoms with E-state index in [0.717, 1.165) is 52.4 Å². The highest BCUT2D eigenvalue weighted by Crippen LogP contribution is 2.24. The van der Waals surface area contributed by atoms with E-state index in [-0.39, 0.29) is 0 Å². The molecular formula is C16H20ClN3S. The molecule has 0 bridgehead atoms. The summed E-state index contributed by atoms with van der Waals surface area (Å²) in [7, 11) is 0. The number of nitrogens with zero attached hydrogens (tertiary/aromatic N) is 2. The lowest BCUT2D eigenvalue weighted by molar-refractivity contribution is 0.853. The zero-order valence-corrected chi connectivity index (χ0v) is 14.0. The van der Waals surface area contributed by atoms with Gasteiger partial charge in [-0.1, -0.05) is 31.0 Å². The lowest BCUT2D eigenvalue weighted by atomic mass is 10.2. The van der Waals surface area contributed by atoms with E-state index in [0.29, 0.717) is 0 Å². The molecule has 2 rings (SSSR count). The summed E-state index contributed by atoms with van der Waals surface area (Å²) in [6.07, 6.45) is 2.07. The number of hydrogen-bond acceptors (Lipinski definition) is 4. The van der Waals surface area contributed by atoms with Crippen molar-refractivity contribution in [1.82, 2.24) is 9.97 Å². The van der Waals surface area contributed by atoms with Crippen LogP contribution in [0.3, 0.4) is 0 Å². The van der Waals surface area contributed by atoms with Gasteiger partial charge < -0.3 is 5.32 Å². The lowest BCUT2D eigenvalue weighted by Crippen LogP contribution is -2.05. The molecule has 0 atom stereocenters. The van der Waals surface area contributed by atoms with Gasteiger partial charge in [-0.3, -0.25) is 0 Å². The van der Waals surface area contributed by atoms with Crippen LogP contribution in [0.5, 0.6) is 0 Å². The van der Waals surface area contributed by atoms with Gasteiger partial charge >= 0.3 is 0 Å². The minimum atomic E-state index is 0.746. The van der Waals surface area contributed by atoms with E-state index in [1.807, 2.05) is 24.3 Å². The van der Waals surface area contributed by atoms with Crippen LogP contribution in [-0.2, 0) is 12.2 Å². The van der Waals surface area contributed by atoms with Crippen molar-refractivity contribution in [3.05, 3.63) is 46.9 Å². The molecule has 21 heavy (non-hydrogen) atoms. The van der Waals surface area contributed by atoms with E-state index in [9.17, 15) is 0 Å². The molecular weight excluding hydrogens is 302 g/mol. The molecule has 1 heterocycles. The first-order valence-electron chi connectivity index (χ1n) is 7.20. The second-order valence-corrected chi connectivity index (χ2v) is 6.17. The maximum atomic E-state index is 6.00. The SMILES string of the molecule is CCCc1cc(NCC)nc(CSc2cccc(Cl)c2)n1. The van der Waals surface area contributed by atoms with Crippen molar-refractivity contribution < 1.29 is 0 Å². The van der Waals surface area contributed by atoms with Gasteiger partial charge in [0, 0.05) is 28.2 Å². The highest BCUT2D eigenvalue weighted by Gasteiger charge is 2.05. The fourth-order valence-corrected chi connectivity index (χ4v) is 3.04. The van der Waals surface area contributed by atoms with Crippen LogP contribution in [0.4, 0.5) is 5.82 Å². The zero-order chi connectivity index (χ0) is 15.1. The summed E-state index contributed by atoms with van der Waals surface area (Å²) in [5.74, 6) is 2.52. The Morgan fingerprint density at radius 1 is 1.19 bits per heavy atom. The molecule has 0 saturated heterocycles. The smallest absolute Gasteiger partial charge is 0.141 e. The Labute approximate surface area is 135 Å². The molecule has 2 aromatic rings. The molecule has 5 heteroatoms.